The Kier molecular flexibility index (Phi) is 5.84. The fourth-order valence-electron chi connectivity index (χ4n) is 4.85. The lowest BCUT2D eigenvalue weighted by atomic mass is 10.1. The highest BCUT2D eigenvalue weighted by molar-refractivity contribution is 7.19. The predicted molar refractivity (Wildman–Crippen MR) is 138 cm³/mol. The van der Waals surface area contributed by atoms with Crippen LogP contribution in [0.4, 0.5) is 0 Å². The van der Waals surface area contributed by atoms with E-state index in [1.54, 1.807) is 4.90 Å². The van der Waals surface area contributed by atoms with Gasteiger partial charge in [-0.2, -0.15) is 0 Å². The summed E-state index contributed by atoms with van der Waals surface area (Å²) in [7, 11) is 0. The van der Waals surface area contributed by atoms with Crippen molar-refractivity contribution in [1.29, 1.82) is 0 Å². The smallest absolute Gasteiger partial charge is 0.289 e. The van der Waals surface area contributed by atoms with Gasteiger partial charge >= 0.3 is 0 Å². The van der Waals surface area contributed by atoms with Gasteiger partial charge in [0.25, 0.3) is 11.8 Å². The first-order chi connectivity index (χ1) is 17.0. The molecule has 178 valence electrons. The van der Waals surface area contributed by atoms with E-state index in [9.17, 15) is 9.59 Å². The first kappa shape index (κ1) is 22.3. The topological polar surface area (TPSA) is 65.8 Å². The standard InChI is InChI=1S/C27H24ClN3O3S/c28-25-9-8-24(35-25)18-6-7-22-19(12-18)13-23(34-22)27(33)31-15-21(16-31)29-20-10-11-30(14-20)26(32)17-4-2-1-3-5-17/h1-9,12-13,20-21,29H,10-11,14-16H2/t20-/m0/s1. The molecular formula is C27H24ClN3O3S. The Bertz CT molecular complexity index is 1390. The molecule has 6 nitrogen and oxygen atoms in total. The van der Waals surface area contributed by atoms with Gasteiger partial charge in [-0.3, -0.25) is 9.59 Å². The molecular weight excluding hydrogens is 482 g/mol. The number of halogens is 1. The van der Waals surface area contributed by atoms with Gasteiger partial charge in [0.1, 0.15) is 5.58 Å². The molecule has 0 radical (unpaired) electrons. The number of rotatable bonds is 5. The van der Waals surface area contributed by atoms with E-state index in [1.165, 1.54) is 11.3 Å². The zero-order valence-corrected chi connectivity index (χ0v) is 20.5. The third kappa shape index (κ3) is 4.47. The normalized spacial score (nSPS) is 18.3. The summed E-state index contributed by atoms with van der Waals surface area (Å²) in [5.41, 5.74) is 2.48. The van der Waals surface area contributed by atoms with Crippen LogP contribution in [-0.2, 0) is 0 Å². The monoisotopic (exact) mass is 505 g/mol. The van der Waals surface area contributed by atoms with Crippen molar-refractivity contribution in [3.63, 3.8) is 0 Å². The van der Waals surface area contributed by atoms with E-state index in [-0.39, 0.29) is 23.9 Å². The fourth-order valence-corrected chi connectivity index (χ4v) is 5.89. The molecule has 2 fully saturated rings. The number of nitrogens with zero attached hydrogens (tertiary/aromatic N) is 2. The van der Waals surface area contributed by atoms with Crippen LogP contribution in [0.15, 0.2) is 71.1 Å². The van der Waals surface area contributed by atoms with E-state index >= 15 is 0 Å². The average molecular weight is 506 g/mol. The number of benzene rings is 2. The largest absolute Gasteiger partial charge is 0.451 e. The molecule has 1 atom stereocenters. The van der Waals surface area contributed by atoms with Gasteiger partial charge in [0.05, 0.1) is 4.34 Å². The predicted octanol–water partition coefficient (Wildman–Crippen LogP) is 5.14. The van der Waals surface area contributed by atoms with Crippen LogP contribution in [0, 0.1) is 0 Å². The lowest BCUT2D eigenvalue weighted by Gasteiger charge is -2.40. The number of hydrogen-bond donors (Lipinski definition) is 1. The second-order valence-corrected chi connectivity index (χ2v) is 10.9. The molecule has 4 heterocycles. The Hall–Kier alpha value is -3.13. The molecule has 0 spiro atoms. The van der Waals surface area contributed by atoms with Gasteiger partial charge < -0.3 is 19.5 Å². The molecule has 2 aromatic heterocycles. The fraction of sp³-hybridized carbons (Fsp3) is 0.259. The first-order valence-corrected chi connectivity index (χ1v) is 12.9. The first-order valence-electron chi connectivity index (χ1n) is 11.7. The van der Waals surface area contributed by atoms with Crippen LogP contribution in [0.2, 0.25) is 4.34 Å². The van der Waals surface area contributed by atoms with Crippen molar-refractivity contribution in [2.75, 3.05) is 26.2 Å². The van der Waals surface area contributed by atoms with E-state index in [0.29, 0.717) is 31.0 Å². The summed E-state index contributed by atoms with van der Waals surface area (Å²) in [5, 5.41) is 4.52. The van der Waals surface area contributed by atoms with Crippen molar-refractivity contribution < 1.29 is 14.0 Å². The Labute approximate surface area is 212 Å². The maximum atomic E-state index is 13.0. The molecule has 2 aromatic carbocycles. The number of nitrogens with one attached hydrogen (secondary N) is 1. The van der Waals surface area contributed by atoms with Crippen LogP contribution in [-0.4, -0.2) is 59.9 Å². The second-order valence-electron chi connectivity index (χ2n) is 9.14. The summed E-state index contributed by atoms with van der Waals surface area (Å²) in [6.07, 6.45) is 0.921. The number of amides is 2. The number of hydrogen-bond acceptors (Lipinski definition) is 5. The highest BCUT2D eigenvalue weighted by Crippen LogP contribution is 2.33. The average Bonchev–Trinajstić information content (AvgIpc) is 3.60. The van der Waals surface area contributed by atoms with Crippen molar-refractivity contribution >= 4 is 45.7 Å². The molecule has 2 aliphatic rings. The Balaban J connectivity index is 1.04. The molecule has 0 aliphatic carbocycles. The summed E-state index contributed by atoms with van der Waals surface area (Å²) in [6.45, 7) is 2.72. The van der Waals surface area contributed by atoms with Gasteiger partial charge in [-0.05, 0) is 60.5 Å². The van der Waals surface area contributed by atoms with Gasteiger partial charge in [-0.15, -0.1) is 11.3 Å². The lowest BCUT2D eigenvalue weighted by molar-refractivity contribution is 0.0523. The summed E-state index contributed by atoms with van der Waals surface area (Å²) < 4.78 is 6.60. The molecule has 2 saturated heterocycles. The number of thiophene rings is 1. The highest BCUT2D eigenvalue weighted by atomic mass is 35.5. The number of fused-ring (bicyclic) bond motifs is 1. The third-order valence-corrected chi connectivity index (χ3v) is 8.00. The van der Waals surface area contributed by atoms with Crippen LogP contribution >= 0.6 is 22.9 Å². The molecule has 4 aromatic rings. The molecule has 8 heteroatoms. The zero-order valence-electron chi connectivity index (χ0n) is 18.9. The number of likely N-dealkylation sites (tertiary alicyclic amines) is 2. The molecule has 35 heavy (non-hydrogen) atoms. The minimum Gasteiger partial charge on any atom is -0.451 e. The SMILES string of the molecule is O=C(c1ccccc1)N1CC[C@H](NC2CN(C(=O)c3cc4cc(-c5ccc(Cl)s5)ccc4o3)C2)C1. The zero-order chi connectivity index (χ0) is 23.9. The molecule has 2 amide bonds. The number of carbonyl (C=O) groups excluding carboxylic acids is 2. The molecule has 1 N–H and O–H groups in total. The third-order valence-electron chi connectivity index (χ3n) is 6.72. The van der Waals surface area contributed by atoms with Crippen LogP contribution < -0.4 is 5.32 Å². The second kappa shape index (κ2) is 9.15. The minimum absolute atomic E-state index is 0.0792. The molecule has 2 aliphatic heterocycles. The molecule has 0 saturated carbocycles. The number of furan rings is 1. The maximum absolute atomic E-state index is 13.0. The summed E-state index contributed by atoms with van der Waals surface area (Å²) in [6, 6.07) is 21.5. The van der Waals surface area contributed by atoms with Crippen LogP contribution in [0.3, 0.4) is 0 Å². The van der Waals surface area contributed by atoms with E-state index in [4.69, 9.17) is 16.0 Å². The van der Waals surface area contributed by atoms with Crippen molar-refractivity contribution in [3.05, 3.63) is 82.4 Å². The van der Waals surface area contributed by atoms with Crippen LogP contribution in [0.25, 0.3) is 21.4 Å². The Morgan fingerprint density at radius 2 is 1.71 bits per heavy atom. The van der Waals surface area contributed by atoms with Crippen molar-refractivity contribution in [3.8, 4) is 10.4 Å². The van der Waals surface area contributed by atoms with E-state index in [0.717, 1.165) is 38.7 Å². The maximum Gasteiger partial charge on any atom is 0.289 e. The Morgan fingerprint density at radius 1 is 0.914 bits per heavy atom. The molecule has 0 unspecified atom stereocenters. The van der Waals surface area contributed by atoms with Gasteiger partial charge in [-0.1, -0.05) is 29.8 Å². The van der Waals surface area contributed by atoms with Crippen molar-refractivity contribution in [2.24, 2.45) is 0 Å². The summed E-state index contributed by atoms with van der Waals surface area (Å²) in [4.78, 5) is 30.4. The van der Waals surface area contributed by atoms with Crippen LogP contribution in [0.5, 0.6) is 0 Å². The molecule has 0 bridgehead atoms. The molecule has 6 rings (SSSR count). The lowest BCUT2D eigenvalue weighted by Crippen LogP contribution is -2.62. The Morgan fingerprint density at radius 3 is 2.49 bits per heavy atom. The quantitative estimate of drug-likeness (QED) is 0.407. The number of carbonyl (C=O) groups is 2. The van der Waals surface area contributed by atoms with Crippen molar-refractivity contribution in [1.82, 2.24) is 15.1 Å². The van der Waals surface area contributed by atoms with E-state index in [1.807, 2.05) is 71.6 Å². The van der Waals surface area contributed by atoms with Gasteiger partial charge in [-0.25, -0.2) is 0 Å². The van der Waals surface area contributed by atoms with Crippen molar-refractivity contribution in [2.45, 2.75) is 18.5 Å². The highest BCUT2D eigenvalue weighted by Gasteiger charge is 2.36. The van der Waals surface area contributed by atoms with Gasteiger partial charge in [0.2, 0.25) is 0 Å². The van der Waals surface area contributed by atoms with E-state index < -0.39 is 0 Å². The van der Waals surface area contributed by atoms with Crippen LogP contribution in [0.1, 0.15) is 27.3 Å². The summed E-state index contributed by atoms with van der Waals surface area (Å²) in [5.74, 6) is 0.350. The van der Waals surface area contributed by atoms with Gasteiger partial charge in [0, 0.05) is 54.1 Å². The summed E-state index contributed by atoms with van der Waals surface area (Å²) >= 11 is 7.59. The minimum atomic E-state index is -0.0905. The van der Waals surface area contributed by atoms with E-state index in [2.05, 4.69) is 5.32 Å². The van der Waals surface area contributed by atoms with Gasteiger partial charge in [0.15, 0.2) is 5.76 Å².